The van der Waals surface area contributed by atoms with Gasteiger partial charge in [0.1, 0.15) is 5.75 Å². The lowest BCUT2D eigenvalue weighted by Gasteiger charge is -2.17. The van der Waals surface area contributed by atoms with Gasteiger partial charge in [0.25, 0.3) is 0 Å². The number of methoxy groups -OCH3 is 1. The van der Waals surface area contributed by atoms with E-state index in [4.69, 9.17) is 16.3 Å². The van der Waals surface area contributed by atoms with Crippen LogP contribution in [-0.2, 0) is 16.1 Å². The van der Waals surface area contributed by atoms with Crippen LogP contribution in [0.2, 0.25) is 5.02 Å². The molecule has 0 saturated carbocycles. The third kappa shape index (κ3) is 3.94. The zero-order chi connectivity index (χ0) is 17.8. The topological polar surface area (TPSA) is 58.6 Å². The van der Waals surface area contributed by atoms with Crippen molar-refractivity contribution in [2.75, 3.05) is 19.0 Å². The Morgan fingerprint density at radius 1 is 1.24 bits per heavy atom. The molecule has 25 heavy (non-hydrogen) atoms. The van der Waals surface area contributed by atoms with E-state index in [2.05, 4.69) is 5.32 Å². The second kappa shape index (κ2) is 7.57. The van der Waals surface area contributed by atoms with Gasteiger partial charge in [0.15, 0.2) is 0 Å². The molecule has 2 amide bonds. The SMILES string of the molecule is COc1ccccc1NC(=O)C1CC(=O)N(Cc2ccccc2Cl)C1. The zero-order valence-electron chi connectivity index (χ0n) is 13.9. The highest BCUT2D eigenvalue weighted by molar-refractivity contribution is 6.31. The maximum absolute atomic E-state index is 12.5. The Hall–Kier alpha value is -2.53. The van der Waals surface area contributed by atoms with Gasteiger partial charge < -0.3 is 15.0 Å². The molecule has 6 heteroatoms. The van der Waals surface area contributed by atoms with Gasteiger partial charge in [0.05, 0.1) is 18.7 Å². The van der Waals surface area contributed by atoms with Crippen LogP contribution in [0.5, 0.6) is 5.75 Å². The third-order valence-corrected chi connectivity index (χ3v) is 4.64. The van der Waals surface area contributed by atoms with Gasteiger partial charge >= 0.3 is 0 Å². The van der Waals surface area contributed by atoms with Crippen LogP contribution in [0.3, 0.4) is 0 Å². The van der Waals surface area contributed by atoms with Crippen LogP contribution in [0.1, 0.15) is 12.0 Å². The first-order chi connectivity index (χ1) is 12.1. The van der Waals surface area contributed by atoms with Crippen molar-refractivity contribution in [1.82, 2.24) is 4.90 Å². The number of para-hydroxylation sites is 2. The van der Waals surface area contributed by atoms with Crippen LogP contribution < -0.4 is 10.1 Å². The molecular weight excluding hydrogens is 340 g/mol. The van der Waals surface area contributed by atoms with Gasteiger partial charge in [0.2, 0.25) is 11.8 Å². The molecule has 1 saturated heterocycles. The van der Waals surface area contributed by atoms with Gasteiger partial charge in [-0.05, 0) is 23.8 Å². The van der Waals surface area contributed by atoms with Gasteiger partial charge in [0, 0.05) is 24.5 Å². The second-order valence-corrected chi connectivity index (χ2v) is 6.36. The van der Waals surface area contributed by atoms with E-state index in [-0.39, 0.29) is 24.2 Å². The number of carbonyl (C=O) groups is 2. The van der Waals surface area contributed by atoms with E-state index in [0.717, 1.165) is 5.56 Å². The quantitative estimate of drug-likeness (QED) is 0.891. The summed E-state index contributed by atoms with van der Waals surface area (Å²) in [5.74, 6) is -0.0207. The van der Waals surface area contributed by atoms with Crippen LogP contribution in [0.25, 0.3) is 0 Å². The fourth-order valence-corrected chi connectivity index (χ4v) is 3.11. The Balaban J connectivity index is 1.65. The van der Waals surface area contributed by atoms with Crippen molar-refractivity contribution in [2.45, 2.75) is 13.0 Å². The van der Waals surface area contributed by atoms with Gasteiger partial charge in [-0.15, -0.1) is 0 Å². The molecule has 130 valence electrons. The van der Waals surface area contributed by atoms with Crippen LogP contribution in [0.4, 0.5) is 5.69 Å². The Morgan fingerprint density at radius 2 is 1.96 bits per heavy atom. The number of hydrogen-bond acceptors (Lipinski definition) is 3. The van der Waals surface area contributed by atoms with E-state index in [1.165, 1.54) is 0 Å². The van der Waals surface area contributed by atoms with Crippen molar-refractivity contribution < 1.29 is 14.3 Å². The molecule has 1 fully saturated rings. The second-order valence-electron chi connectivity index (χ2n) is 5.96. The first-order valence-electron chi connectivity index (χ1n) is 8.03. The van der Waals surface area contributed by atoms with E-state index in [1.807, 2.05) is 30.3 Å². The Labute approximate surface area is 151 Å². The van der Waals surface area contributed by atoms with E-state index in [1.54, 1.807) is 30.2 Å². The summed E-state index contributed by atoms with van der Waals surface area (Å²) in [5, 5.41) is 3.47. The molecule has 5 nitrogen and oxygen atoms in total. The largest absolute Gasteiger partial charge is 0.495 e. The monoisotopic (exact) mass is 358 g/mol. The minimum absolute atomic E-state index is 0.0416. The van der Waals surface area contributed by atoms with Crippen molar-refractivity contribution in [3.63, 3.8) is 0 Å². The maximum Gasteiger partial charge on any atom is 0.229 e. The number of likely N-dealkylation sites (tertiary alicyclic amines) is 1. The van der Waals surface area contributed by atoms with Crippen molar-refractivity contribution >= 4 is 29.1 Å². The first-order valence-corrected chi connectivity index (χ1v) is 8.41. The molecule has 0 aromatic heterocycles. The summed E-state index contributed by atoms with van der Waals surface area (Å²) in [6.07, 6.45) is 0.200. The van der Waals surface area contributed by atoms with Gasteiger partial charge in [-0.2, -0.15) is 0 Å². The third-order valence-electron chi connectivity index (χ3n) is 4.27. The predicted octanol–water partition coefficient (Wildman–Crippen LogP) is 3.34. The molecule has 1 atom stereocenters. The summed E-state index contributed by atoms with van der Waals surface area (Å²) in [5.41, 5.74) is 1.48. The number of amides is 2. The Morgan fingerprint density at radius 3 is 2.72 bits per heavy atom. The highest BCUT2D eigenvalue weighted by Crippen LogP contribution is 2.27. The molecule has 1 unspecified atom stereocenters. The predicted molar refractivity (Wildman–Crippen MR) is 96.6 cm³/mol. The van der Waals surface area contributed by atoms with Crippen LogP contribution in [-0.4, -0.2) is 30.4 Å². The average Bonchev–Trinajstić information content (AvgIpc) is 2.98. The number of nitrogens with zero attached hydrogens (tertiary/aromatic N) is 1. The van der Waals surface area contributed by atoms with E-state index in [0.29, 0.717) is 29.5 Å². The number of nitrogens with one attached hydrogen (secondary N) is 1. The number of halogens is 1. The van der Waals surface area contributed by atoms with Gasteiger partial charge in [-0.25, -0.2) is 0 Å². The number of carbonyl (C=O) groups excluding carboxylic acids is 2. The summed E-state index contributed by atoms with van der Waals surface area (Å²) in [6, 6.07) is 14.6. The van der Waals surface area contributed by atoms with E-state index in [9.17, 15) is 9.59 Å². The number of anilines is 1. The first kappa shape index (κ1) is 17.3. The molecule has 1 aliphatic rings. The lowest BCUT2D eigenvalue weighted by Crippen LogP contribution is -2.28. The minimum atomic E-state index is -0.389. The molecule has 0 aliphatic carbocycles. The molecule has 0 bridgehead atoms. The fourth-order valence-electron chi connectivity index (χ4n) is 2.92. The molecule has 2 aromatic carbocycles. The molecule has 2 aromatic rings. The van der Waals surface area contributed by atoms with Crippen molar-refractivity contribution in [3.8, 4) is 5.75 Å². The molecule has 1 N–H and O–H groups in total. The highest BCUT2D eigenvalue weighted by Gasteiger charge is 2.34. The van der Waals surface area contributed by atoms with Crippen molar-refractivity contribution in [1.29, 1.82) is 0 Å². The Kier molecular flexibility index (Phi) is 5.24. The molecule has 1 heterocycles. The maximum atomic E-state index is 12.5. The number of benzene rings is 2. The van der Waals surface area contributed by atoms with E-state index < -0.39 is 0 Å². The zero-order valence-corrected chi connectivity index (χ0v) is 14.6. The number of ether oxygens (including phenoxy) is 1. The summed E-state index contributed by atoms with van der Waals surface area (Å²) < 4.78 is 5.24. The average molecular weight is 359 g/mol. The fraction of sp³-hybridized carbons (Fsp3) is 0.263. The minimum Gasteiger partial charge on any atom is -0.495 e. The number of hydrogen-bond donors (Lipinski definition) is 1. The summed E-state index contributed by atoms with van der Waals surface area (Å²) in [4.78, 5) is 26.5. The lowest BCUT2D eigenvalue weighted by atomic mass is 10.1. The van der Waals surface area contributed by atoms with Gasteiger partial charge in [-0.3, -0.25) is 9.59 Å². The number of rotatable bonds is 5. The van der Waals surface area contributed by atoms with Crippen molar-refractivity contribution in [3.05, 3.63) is 59.1 Å². The summed E-state index contributed by atoms with van der Waals surface area (Å²) in [6.45, 7) is 0.794. The summed E-state index contributed by atoms with van der Waals surface area (Å²) >= 11 is 6.16. The van der Waals surface area contributed by atoms with Gasteiger partial charge in [-0.1, -0.05) is 41.9 Å². The highest BCUT2D eigenvalue weighted by atomic mass is 35.5. The lowest BCUT2D eigenvalue weighted by molar-refractivity contribution is -0.128. The van der Waals surface area contributed by atoms with Crippen LogP contribution in [0, 0.1) is 5.92 Å². The van der Waals surface area contributed by atoms with Crippen molar-refractivity contribution in [2.24, 2.45) is 5.92 Å². The van der Waals surface area contributed by atoms with E-state index >= 15 is 0 Å². The van der Waals surface area contributed by atoms with Crippen LogP contribution in [0.15, 0.2) is 48.5 Å². The molecule has 0 radical (unpaired) electrons. The normalized spacial score (nSPS) is 16.8. The molecule has 3 rings (SSSR count). The summed E-state index contributed by atoms with van der Waals surface area (Å²) in [7, 11) is 1.55. The molecular formula is C19H19ClN2O3. The standard InChI is InChI=1S/C19H19ClN2O3/c1-25-17-9-5-4-8-16(17)21-19(24)14-10-18(23)22(12-14)11-13-6-2-3-7-15(13)20/h2-9,14H,10-12H2,1H3,(H,21,24). The van der Waals surface area contributed by atoms with Crippen LogP contribution >= 0.6 is 11.6 Å². The molecule has 0 spiro atoms. The Bertz CT molecular complexity index is 794. The molecule has 1 aliphatic heterocycles. The smallest absolute Gasteiger partial charge is 0.229 e.